The number of carbonyl (C=O) groups excluding carboxylic acids is 1. The van der Waals surface area contributed by atoms with Crippen molar-refractivity contribution in [1.29, 1.82) is 0 Å². The fraction of sp³-hybridized carbons (Fsp3) is 0.667. The lowest BCUT2D eigenvalue weighted by Crippen LogP contribution is -2.29. The first-order valence-corrected chi connectivity index (χ1v) is 4.47. The Bertz CT molecular complexity index is 197. The number of esters is 1. The van der Waals surface area contributed by atoms with Crippen LogP contribution in [0.2, 0.25) is 0 Å². The second kappa shape index (κ2) is 4.99. The fourth-order valence-electron chi connectivity index (χ4n) is 1.06. The first-order chi connectivity index (χ1) is 6.24. The molecule has 1 saturated heterocycles. The van der Waals surface area contributed by atoms with Gasteiger partial charge in [-0.3, -0.25) is 5.32 Å². The van der Waals surface area contributed by atoms with Crippen LogP contribution < -0.4 is 5.32 Å². The smallest absolute Gasteiger partial charge is 0.336 e. The van der Waals surface area contributed by atoms with Gasteiger partial charge in [-0.05, 0) is 6.42 Å². The van der Waals surface area contributed by atoms with Crippen molar-refractivity contribution < 1.29 is 14.3 Å². The predicted molar refractivity (Wildman–Crippen MR) is 47.9 cm³/mol. The molecule has 0 aromatic rings. The van der Waals surface area contributed by atoms with Gasteiger partial charge in [0.2, 0.25) is 0 Å². The molecular formula is C9H15NO3. The van der Waals surface area contributed by atoms with Crippen LogP contribution in [0.15, 0.2) is 12.2 Å². The molecule has 0 amide bonds. The summed E-state index contributed by atoms with van der Waals surface area (Å²) in [6, 6.07) is 0. The maximum absolute atomic E-state index is 11.2. The topological polar surface area (TPSA) is 47.6 Å². The molecule has 0 bridgehead atoms. The van der Waals surface area contributed by atoms with Gasteiger partial charge in [-0.15, -0.1) is 0 Å². The summed E-state index contributed by atoms with van der Waals surface area (Å²) >= 11 is 0. The van der Waals surface area contributed by atoms with Crippen LogP contribution in [0, 0.1) is 0 Å². The molecule has 1 aliphatic rings. The highest BCUT2D eigenvalue weighted by Crippen LogP contribution is 2.07. The standard InChI is InChI=1S/C9H15NO3/c1-3-4-7(2)8(11)13-9-10-5-6-12-9/h9-10H,2-6H2,1H3. The molecule has 1 N–H and O–H groups in total. The van der Waals surface area contributed by atoms with E-state index in [2.05, 4.69) is 11.9 Å². The van der Waals surface area contributed by atoms with Gasteiger partial charge in [0.15, 0.2) is 0 Å². The summed E-state index contributed by atoms with van der Waals surface area (Å²) in [7, 11) is 0. The van der Waals surface area contributed by atoms with E-state index in [1.807, 2.05) is 6.92 Å². The number of nitrogens with one attached hydrogen (secondary N) is 1. The van der Waals surface area contributed by atoms with Crippen molar-refractivity contribution in [2.45, 2.75) is 26.2 Å². The molecule has 1 atom stereocenters. The summed E-state index contributed by atoms with van der Waals surface area (Å²) in [6.45, 7) is 6.92. The molecule has 1 heterocycles. The Morgan fingerprint density at radius 2 is 2.54 bits per heavy atom. The maximum Gasteiger partial charge on any atom is 0.336 e. The Morgan fingerprint density at radius 3 is 3.08 bits per heavy atom. The van der Waals surface area contributed by atoms with Gasteiger partial charge in [-0.2, -0.15) is 0 Å². The molecule has 1 unspecified atom stereocenters. The van der Waals surface area contributed by atoms with Crippen LogP contribution in [0.3, 0.4) is 0 Å². The van der Waals surface area contributed by atoms with Crippen LogP contribution in [0.4, 0.5) is 0 Å². The van der Waals surface area contributed by atoms with Crippen molar-refractivity contribution in [1.82, 2.24) is 5.32 Å². The van der Waals surface area contributed by atoms with Gasteiger partial charge in [0.05, 0.1) is 6.61 Å². The first kappa shape index (κ1) is 10.2. The monoisotopic (exact) mass is 185 g/mol. The molecule has 0 radical (unpaired) electrons. The SMILES string of the molecule is C=C(CCC)C(=O)OC1NCCO1. The average molecular weight is 185 g/mol. The molecule has 0 aromatic heterocycles. The van der Waals surface area contributed by atoms with E-state index in [1.165, 1.54) is 0 Å². The molecule has 74 valence electrons. The third kappa shape index (κ3) is 3.16. The summed E-state index contributed by atoms with van der Waals surface area (Å²) in [5, 5.41) is 2.88. The fourth-order valence-corrected chi connectivity index (χ4v) is 1.06. The van der Waals surface area contributed by atoms with E-state index in [-0.39, 0.29) is 5.97 Å². The highest BCUT2D eigenvalue weighted by molar-refractivity contribution is 5.87. The van der Waals surface area contributed by atoms with Gasteiger partial charge in [0.1, 0.15) is 0 Å². The van der Waals surface area contributed by atoms with Crippen LogP contribution in [-0.4, -0.2) is 25.5 Å². The second-order valence-corrected chi connectivity index (χ2v) is 2.92. The third-order valence-electron chi connectivity index (χ3n) is 1.74. The van der Waals surface area contributed by atoms with Crippen molar-refractivity contribution in [2.75, 3.05) is 13.2 Å². The van der Waals surface area contributed by atoms with Crippen LogP contribution in [0.1, 0.15) is 19.8 Å². The number of rotatable bonds is 4. The Morgan fingerprint density at radius 1 is 1.77 bits per heavy atom. The van der Waals surface area contributed by atoms with Gasteiger partial charge in [-0.25, -0.2) is 4.79 Å². The number of hydrogen-bond acceptors (Lipinski definition) is 4. The largest absolute Gasteiger partial charge is 0.418 e. The Balaban J connectivity index is 2.27. The van der Waals surface area contributed by atoms with Crippen molar-refractivity contribution in [3.05, 3.63) is 12.2 Å². The molecule has 0 aromatic carbocycles. The Kier molecular flexibility index (Phi) is 3.92. The second-order valence-electron chi connectivity index (χ2n) is 2.92. The highest BCUT2D eigenvalue weighted by atomic mass is 16.7. The minimum atomic E-state index is -0.582. The summed E-state index contributed by atoms with van der Waals surface area (Å²) < 4.78 is 10.0. The average Bonchev–Trinajstić information content (AvgIpc) is 2.57. The minimum absolute atomic E-state index is 0.374. The zero-order valence-corrected chi connectivity index (χ0v) is 7.84. The number of ether oxygens (including phenoxy) is 2. The van der Waals surface area contributed by atoms with Crippen LogP contribution in [0.25, 0.3) is 0 Å². The van der Waals surface area contributed by atoms with E-state index >= 15 is 0 Å². The van der Waals surface area contributed by atoms with Crippen molar-refractivity contribution in [3.8, 4) is 0 Å². The van der Waals surface area contributed by atoms with E-state index in [9.17, 15) is 4.79 Å². The summed E-state index contributed by atoms with van der Waals surface area (Å²) in [5.74, 6) is -0.374. The zero-order chi connectivity index (χ0) is 9.68. The molecule has 0 spiro atoms. The van der Waals surface area contributed by atoms with E-state index in [1.54, 1.807) is 0 Å². The van der Waals surface area contributed by atoms with Gasteiger partial charge in [-0.1, -0.05) is 19.9 Å². The highest BCUT2D eigenvalue weighted by Gasteiger charge is 2.19. The normalized spacial score (nSPS) is 21.5. The third-order valence-corrected chi connectivity index (χ3v) is 1.74. The zero-order valence-electron chi connectivity index (χ0n) is 7.84. The molecule has 0 saturated carbocycles. The molecular weight excluding hydrogens is 170 g/mol. The quantitative estimate of drug-likeness (QED) is 0.519. The maximum atomic E-state index is 11.2. The lowest BCUT2D eigenvalue weighted by Gasteiger charge is -2.11. The van der Waals surface area contributed by atoms with Gasteiger partial charge in [0, 0.05) is 12.1 Å². The van der Waals surface area contributed by atoms with Crippen molar-refractivity contribution in [3.63, 3.8) is 0 Å². The Hall–Kier alpha value is -0.870. The molecule has 1 rings (SSSR count). The molecule has 0 aliphatic carbocycles. The Labute approximate surface area is 77.9 Å². The number of hydrogen-bond donors (Lipinski definition) is 1. The molecule has 4 heteroatoms. The lowest BCUT2D eigenvalue weighted by atomic mass is 10.2. The molecule has 1 aliphatic heterocycles. The molecule has 1 fully saturated rings. The lowest BCUT2D eigenvalue weighted by molar-refractivity contribution is -0.168. The van der Waals surface area contributed by atoms with Crippen LogP contribution in [-0.2, 0) is 14.3 Å². The molecule has 4 nitrogen and oxygen atoms in total. The van der Waals surface area contributed by atoms with Crippen LogP contribution >= 0.6 is 0 Å². The van der Waals surface area contributed by atoms with E-state index in [0.29, 0.717) is 18.6 Å². The van der Waals surface area contributed by atoms with Gasteiger partial charge < -0.3 is 9.47 Å². The van der Waals surface area contributed by atoms with Crippen LogP contribution in [0.5, 0.6) is 0 Å². The summed E-state index contributed by atoms with van der Waals surface area (Å²) in [4.78, 5) is 11.2. The summed E-state index contributed by atoms with van der Waals surface area (Å²) in [5.41, 5.74) is 0.500. The first-order valence-electron chi connectivity index (χ1n) is 4.47. The van der Waals surface area contributed by atoms with Gasteiger partial charge >= 0.3 is 5.97 Å². The predicted octanol–water partition coefficient (Wildman–Crippen LogP) is 0.789. The summed E-state index contributed by atoms with van der Waals surface area (Å²) in [6.07, 6.45) is 0.986. The van der Waals surface area contributed by atoms with E-state index < -0.39 is 6.41 Å². The molecule has 13 heavy (non-hydrogen) atoms. The van der Waals surface area contributed by atoms with Gasteiger partial charge in [0.25, 0.3) is 6.41 Å². The van der Waals surface area contributed by atoms with Crippen molar-refractivity contribution >= 4 is 5.97 Å². The number of carbonyl (C=O) groups is 1. The van der Waals surface area contributed by atoms with E-state index in [0.717, 1.165) is 13.0 Å². The van der Waals surface area contributed by atoms with Crippen molar-refractivity contribution in [2.24, 2.45) is 0 Å². The van der Waals surface area contributed by atoms with E-state index in [4.69, 9.17) is 9.47 Å². The minimum Gasteiger partial charge on any atom is -0.418 e.